The Morgan fingerprint density at radius 3 is 2.67 bits per heavy atom. The van der Waals surface area contributed by atoms with Gasteiger partial charge in [-0.3, -0.25) is 4.79 Å². The van der Waals surface area contributed by atoms with E-state index in [1.165, 1.54) is 23.5 Å². The number of thiazole rings is 1. The molecule has 6 heteroatoms. The van der Waals surface area contributed by atoms with Gasteiger partial charge in [0.05, 0.1) is 10.7 Å². The highest BCUT2D eigenvalue weighted by Gasteiger charge is 2.11. The zero-order chi connectivity index (χ0) is 16.9. The van der Waals surface area contributed by atoms with Crippen molar-refractivity contribution in [3.05, 3.63) is 76.1 Å². The highest BCUT2D eigenvalue weighted by molar-refractivity contribution is 7.09. The maximum Gasteiger partial charge on any atom is 0.251 e. The summed E-state index contributed by atoms with van der Waals surface area (Å²) in [6.45, 7) is 0.437. The fourth-order valence-corrected chi connectivity index (χ4v) is 3.02. The van der Waals surface area contributed by atoms with Gasteiger partial charge in [0.15, 0.2) is 0 Å². The Balaban J connectivity index is 1.59. The van der Waals surface area contributed by atoms with Gasteiger partial charge in [-0.15, -0.1) is 11.3 Å². The van der Waals surface area contributed by atoms with E-state index in [0.29, 0.717) is 24.2 Å². The highest BCUT2D eigenvalue weighted by Crippen LogP contribution is 2.25. The van der Waals surface area contributed by atoms with Gasteiger partial charge >= 0.3 is 0 Å². The minimum absolute atomic E-state index is 0.142. The molecule has 3 nitrogen and oxygen atoms in total. The molecule has 0 saturated carbocycles. The van der Waals surface area contributed by atoms with Crippen molar-refractivity contribution in [2.75, 3.05) is 6.54 Å². The van der Waals surface area contributed by atoms with Crippen molar-refractivity contribution in [1.29, 1.82) is 0 Å². The SMILES string of the molecule is O=C(NCCc1nc(-c2ccc(F)cc2F)cs1)c1ccccc1. The maximum absolute atomic E-state index is 13.8. The van der Waals surface area contributed by atoms with Gasteiger partial charge in [0.1, 0.15) is 11.6 Å². The normalized spacial score (nSPS) is 10.6. The van der Waals surface area contributed by atoms with Crippen molar-refractivity contribution in [2.24, 2.45) is 0 Å². The van der Waals surface area contributed by atoms with Gasteiger partial charge in [0, 0.05) is 35.5 Å². The number of hydrogen-bond donors (Lipinski definition) is 1. The average molecular weight is 344 g/mol. The average Bonchev–Trinajstić information content (AvgIpc) is 3.04. The van der Waals surface area contributed by atoms with Crippen LogP contribution in [-0.4, -0.2) is 17.4 Å². The van der Waals surface area contributed by atoms with Crippen molar-refractivity contribution in [3.63, 3.8) is 0 Å². The molecule has 2 aromatic carbocycles. The monoisotopic (exact) mass is 344 g/mol. The smallest absolute Gasteiger partial charge is 0.251 e. The molecule has 0 aliphatic rings. The summed E-state index contributed by atoms with van der Waals surface area (Å²) >= 11 is 1.38. The van der Waals surface area contributed by atoms with Crippen LogP contribution < -0.4 is 5.32 Å². The van der Waals surface area contributed by atoms with Crippen LogP contribution in [-0.2, 0) is 6.42 Å². The van der Waals surface area contributed by atoms with Gasteiger partial charge in [0.25, 0.3) is 5.91 Å². The first kappa shape index (κ1) is 16.3. The number of nitrogens with one attached hydrogen (secondary N) is 1. The molecule has 0 bridgehead atoms. The van der Waals surface area contributed by atoms with Crippen molar-refractivity contribution < 1.29 is 13.6 Å². The number of carbonyl (C=O) groups is 1. The van der Waals surface area contributed by atoms with Gasteiger partial charge in [0.2, 0.25) is 0 Å². The van der Waals surface area contributed by atoms with E-state index >= 15 is 0 Å². The Hall–Kier alpha value is -2.60. The van der Waals surface area contributed by atoms with Gasteiger partial charge in [-0.2, -0.15) is 0 Å². The highest BCUT2D eigenvalue weighted by atomic mass is 32.1. The van der Waals surface area contributed by atoms with Gasteiger partial charge in [-0.1, -0.05) is 18.2 Å². The summed E-state index contributed by atoms with van der Waals surface area (Å²) in [6, 6.07) is 12.4. The minimum atomic E-state index is -0.635. The van der Waals surface area contributed by atoms with E-state index in [1.807, 2.05) is 6.07 Å². The molecule has 1 heterocycles. The number of hydrogen-bond acceptors (Lipinski definition) is 3. The molecule has 0 unspecified atom stereocenters. The molecule has 1 aromatic heterocycles. The lowest BCUT2D eigenvalue weighted by Crippen LogP contribution is -2.25. The van der Waals surface area contributed by atoms with Gasteiger partial charge in [-0.25, -0.2) is 13.8 Å². The zero-order valence-corrected chi connectivity index (χ0v) is 13.4. The molecule has 122 valence electrons. The molecular weight excluding hydrogens is 330 g/mol. The molecule has 3 aromatic rings. The van der Waals surface area contributed by atoms with Crippen LogP contribution in [0.5, 0.6) is 0 Å². The molecule has 0 radical (unpaired) electrons. The van der Waals surface area contributed by atoms with Crippen molar-refractivity contribution in [1.82, 2.24) is 10.3 Å². The van der Waals surface area contributed by atoms with Crippen LogP contribution in [0.15, 0.2) is 53.9 Å². The third-order valence-corrected chi connectivity index (χ3v) is 4.33. The molecule has 0 aliphatic heterocycles. The third-order valence-electron chi connectivity index (χ3n) is 3.42. The van der Waals surface area contributed by atoms with Gasteiger partial charge < -0.3 is 5.32 Å². The van der Waals surface area contributed by atoms with Crippen LogP contribution in [0.3, 0.4) is 0 Å². The van der Waals surface area contributed by atoms with Crippen LogP contribution in [0, 0.1) is 11.6 Å². The van der Waals surface area contributed by atoms with E-state index in [0.717, 1.165) is 11.1 Å². The fraction of sp³-hybridized carbons (Fsp3) is 0.111. The van der Waals surface area contributed by atoms with E-state index in [9.17, 15) is 13.6 Å². The van der Waals surface area contributed by atoms with E-state index < -0.39 is 11.6 Å². The van der Waals surface area contributed by atoms with Gasteiger partial charge in [-0.05, 0) is 24.3 Å². The first-order valence-corrected chi connectivity index (χ1v) is 8.24. The minimum Gasteiger partial charge on any atom is -0.352 e. The number of rotatable bonds is 5. The van der Waals surface area contributed by atoms with Crippen LogP contribution >= 0.6 is 11.3 Å². The van der Waals surface area contributed by atoms with E-state index in [-0.39, 0.29) is 11.5 Å². The second-order valence-electron chi connectivity index (χ2n) is 5.12. The molecule has 0 aliphatic carbocycles. The molecule has 0 saturated heterocycles. The maximum atomic E-state index is 13.8. The molecule has 0 spiro atoms. The topological polar surface area (TPSA) is 42.0 Å². The van der Waals surface area contributed by atoms with Crippen LogP contribution in [0.1, 0.15) is 15.4 Å². The van der Waals surface area contributed by atoms with Crippen LogP contribution in [0.4, 0.5) is 8.78 Å². The first-order chi connectivity index (χ1) is 11.6. The molecule has 0 fully saturated rings. The number of amides is 1. The molecular formula is C18H14F2N2OS. The molecule has 1 amide bonds. The Morgan fingerprint density at radius 2 is 1.92 bits per heavy atom. The van der Waals surface area contributed by atoms with Crippen LogP contribution in [0.2, 0.25) is 0 Å². The summed E-state index contributed by atoms with van der Waals surface area (Å²) in [4.78, 5) is 16.3. The van der Waals surface area contributed by atoms with Crippen molar-refractivity contribution in [3.8, 4) is 11.3 Å². The largest absolute Gasteiger partial charge is 0.352 e. The van der Waals surface area contributed by atoms with Crippen molar-refractivity contribution in [2.45, 2.75) is 6.42 Å². The van der Waals surface area contributed by atoms with Crippen molar-refractivity contribution >= 4 is 17.2 Å². The third kappa shape index (κ3) is 3.83. The standard InChI is InChI=1S/C18H14F2N2OS/c19-13-6-7-14(15(20)10-13)16-11-24-17(22-16)8-9-21-18(23)12-4-2-1-3-5-12/h1-7,10-11H,8-9H2,(H,21,23). The summed E-state index contributed by atoms with van der Waals surface area (Å²) in [5, 5.41) is 5.33. The predicted molar refractivity (Wildman–Crippen MR) is 89.9 cm³/mol. The summed E-state index contributed by atoms with van der Waals surface area (Å²) in [6.07, 6.45) is 0.548. The molecule has 3 rings (SSSR count). The first-order valence-electron chi connectivity index (χ1n) is 7.36. The lowest BCUT2D eigenvalue weighted by molar-refractivity contribution is 0.0954. The number of halogens is 2. The second-order valence-corrected chi connectivity index (χ2v) is 6.07. The van der Waals surface area contributed by atoms with E-state index in [4.69, 9.17) is 0 Å². The van der Waals surface area contributed by atoms with E-state index in [1.54, 1.807) is 29.6 Å². The zero-order valence-electron chi connectivity index (χ0n) is 12.6. The Morgan fingerprint density at radius 1 is 1.12 bits per heavy atom. The summed E-state index contributed by atoms with van der Waals surface area (Å²) in [5.74, 6) is -1.39. The molecule has 1 N–H and O–H groups in total. The summed E-state index contributed by atoms with van der Waals surface area (Å²) in [7, 11) is 0. The number of aromatic nitrogens is 1. The summed E-state index contributed by atoms with van der Waals surface area (Å²) < 4.78 is 26.7. The Kier molecular flexibility index (Phi) is 4.96. The Bertz CT molecular complexity index is 849. The van der Waals surface area contributed by atoms with Crippen LogP contribution in [0.25, 0.3) is 11.3 Å². The second kappa shape index (κ2) is 7.31. The fourth-order valence-electron chi connectivity index (χ4n) is 2.22. The quantitative estimate of drug-likeness (QED) is 0.758. The Labute approximate surface area is 142 Å². The van der Waals surface area contributed by atoms with E-state index in [2.05, 4.69) is 10.3 Å². The lowest BCUT2D eigenvalue weighted by atomic mass is 10.1. The molecule has 0 atom stereocenters. The number of carbonyl (C=O) groups excluding carboxylic acids is 1. The lowest BCUT2D eigenvalue weighted by Gasteiger charge is -2.03. The number of benzene rings is 2. The molecule has 24 heavy (non-hydrogen) atoms. The predicted octanol–water partition coefficient (Wildman–Crippen LogP) is 4.06. The number of nitrogens with zero attached hydrogens (tertiary/aromatic N) is 1. The summed E-state index contributed by atoms with van der Waals surface area (Å²) in [5.41, 5.74) is 1.35.